The first-order chi connectivity index (χ1) is 18.3. The molecule has 190 valence electrons. The molecule has 6 nitrogen and oxygen atoms in total. The van der Waals surface area contributed by atoms with Crippen molar-refractivity contribution in [2.24, 2.45) is 0 Å². The topological polar surface area (TPSA) is 78.9 Å². The van der Waals surface area contributed by atoms with Gasteiger partial charge in [0.1, 0.15) is 19.0 Å². The van der Waals surface area contributed by atoms with E-state index in [-0.39, 0.29) is 13.2 Å². The van der Waals surface area contributed by atoms with Gasteiger partial charge in [0.05, 0.1) is 5.56 Å². The SMILES string of the molecule is C=CC(=O)OCc1ccc(OC(=O)c2ccc3cc(-c4ccc(COC(=O)C(=C)C)cc4)ccc3c2)cc1. The number of rotatable bonds is 9. The van der Waals surface area contributed by atoms with Gasteiger partial charge in [-0.2, -0.15) is 0 Å². The van der Waals surface area contributed by atoms with Crippen molar-refractivity contribution in [2.75, 3.05) is 0 Å². The average molecular weight is 507 g/mol. The Hall–Kier alpha value is -4.97. The van der Waals surface area contributed by atoms with E-state index in [0.29, 0.717) is 16.9 Å². The number of hydrogen-bond donors (Lipinski definition) is 0. The van der Waals surface area contributed by atoms with Crippen LogP contribution in [-0.2, 0) is 32.3 Å². The average Bonchev–Trinajstić information content (AvgIpc) is 2.94. The van der Waals surface area contributed by atoms with E-state index in [4.69, 9.17) is 14.2 Å². The molecule has 6 heteroatoms. The highest BCUT2D eigenvalue weighted by atomic mass is 16.5. The van der Waals surface area contributed by atoms with Gasteiger partial charge >= 0.3 is 17.9 Å². The van der Waals surface area contributed by atoms with Crippen LogP contribution in [0.3, 0.4) is 0 Å². The minimum atomic E-state index is -0.499. The Balaban J connectivity index is 1.41. The zero-order valence-electron chi connectivity index (χ0n) is 20.9. The summed E-state index contributed by atoms with van der Waals surface area (Å²) in [6.45, 7) is 8.86. The van der Waals surface area contributed by atoms with Crippen LogP contribution >= 0.6 is 0 Å². The number of carbonyl (C=O) groups is 3. The molecule has 0 aliphatic carbocycles. The molecule has 0 saturated carbocycles. The van der Waals surface area contributed by atoms with E-state index in [1.165, 1.54) is 0 Å². The van der Waals surface area contributed by atoms with Crippen LogP contribution in [0.25, 0.3) is 21.9 Å². The molecule has 0 amide bonds. The molecule has 0 aliphatic rings. The third kappa shape index (κ3) is 6.62. The summed E-state index contributed by atoms with van der Waals surface area (Å²) < 4.78 is 15.7. The van der Waals surface area contributed by atoms with Crippen LogP contribution in [-0.4, -0.2) is 17.9 Å². The van der Waals surface area contributed by atoms with Crippen LogP contribution < -0.4 is 4.74 Å². The van der Waals surface area contributed by atoms with E-state index >= 15 is 0 Å². The van der Waals surface area contributed by atoms with Crippen molar-refractivity contribution in [3.63, 3.8) is 0 Å². The normalized spacial score (nSPS) is 10.4. The van der Waals surface area contributed by atoms with E-state index < -0.39 is 17.9 Å². The van der Waals surface area contributed by atoms with Crippen molar-refractivity contribution in [2.45, 2.75) is 20.1 Å². The fraction of sp³-hybridized carbons (Fsp3) is 0.0938. The molecule has 4 rings (SSSR count). The van der Waals surface area contributed by atoms with E-state index in [1.807, 2.05) is 42.5 Å². The molecule has 4 aromatic rings. The van der Waals surface area contributed by atoms with Crippen LogP contribution in [0.4, 0.5) is 0 Å². The number of carbonyl (C=O) groups excluding carboxylic acids is 3. The van der Waals surface area contributed by atoms with Crippen LogP contribution in [0.15, 0.2) is 110 Å². The number of fused-ring (bicyclic) bond motifs is 1. The molecule has 0 atom stereocenters. The van der Waals surface area contributed by atoms with Crippen LogP contribution in [0, 0.1) is 0 Å². The Morgan fingerprint density at radius 3 is 1.97 bits per heavy atom. The number of benzene rings is 4. The molecule has 4 aromatic carbocycles. The van der Waals surface area contributed by atoms with Crippen LogP contribution in [0.1, 0.15) is 28.4 Å². The highest BCUT2D eigenvalue weighted by Crippen LogP contribution is 2.26. The lowest BCUT2D eigenvalue weighted by Gasteiger charge is -2.09. The molecule has 0 radical (unpaired) electrons. The third-order valence-corrected chi connectivity index (χ3v) is 5.76. The predicted molar refractivity (Wildman–Crippen MR) is 145 cm³/mol. The first kappa shape index (κ1) is 26.1. The van der Waals surface area contributed by atoms with Gasteiger partial charge in [-0.3, -0.25) is 0 Å². The summed E-state index contributed by atoms with van der Waals surface area (Å²) in [6.07, 6.45) is 1.10. The molecular formula is C32H26O6. The van der Waals surface area contributed by atoms with Crippen molar-refractivity contribution < 1.29 is 28.6 Å². The van der Waals surface area contributed by atoms with Crippen molar-refractivity contribution in [3.8, 4) is 16.9 Å². The summed E-state index contributed by atoms with van der Waals surface area (Å²) in [5.41, 5.74) is 4.50. The summed E-state index contributed by atoms with van der Waals surface area (Å²) in [4.78, 5) is 35.5. The third-order valence-electron chi connectivity index (χ3n) is 5.76. The van der Waals surface area contributed by atoms with Gasteiger partial charge < -0.3 is 14.2 Å². The Labute approximate surface area is 220 Å². The van der Waals surface area contributed by atoms with Crippen LogP contribution in [0.5, 0.6) is 5.75 Å². The largest absolute Gasteiger partial charge is 0.458 e. The van der Waals surface area contributed by atoms with E-state index in [1.54, 1.807) is 43.3 Å². The van der Waals surface area contributed by atoms with Crippen molar-refractivity contribution >= 4 is 28.7 Å². The Bertz CT molecular complexity index is 1510. The monoisotopic (exact) mass is 506 g/mol. The molecule has 0 saturated heterocycles. The Morgan fingerprint density at radius 2 is 1.32 bits per heavy atom. The first-order valence-electron chi connectivity index (χ1n) is 11.9. The van der Waals surface area contributed by atoms with Gasteiger partial charge in [-0.25, -0.2) is 14.4 Å². The van der Waals surface area contributed by atoms with Crippen molar-refractivity contribution in [1.82, 2.24) is 0 Å². The second kappa shape index (κ2) is 11.8. The molecule has 0 fully saturated rings. The molecule has 0 unspecified atom stereocenters. The quantitative estimate of drug-likeness (QED) is 0.145. The Morgan fingerprint density at radius 1 is 0.737 bits per heavy atom. The van der Waals surface area contributed by atoms with E-state index in [0.717, 1.165) is 39.1 Å². The molecule has 0 heterocycles. The number of hydrogen-bond acceptors (Lipinski definition) is 6. The highest BCUT2D eigenvalue weighted by Gasteiger charge is 2.11. The van der Waals surface area contributed by atoms with Crippen molar-refractivity contribution in [1.29, 1.82) is 0 Å². The maximum atomic E-state index is 12.7. The van der Waals surface area contributed by atoms with E-state index in [9.17, 15) is 14.4 Å². The fourth-order valence-corrected chi connectivity index (χ4v) is 3.65. The molecule has 0 spiro atoms. The summed E-state index contributed by atoms with van der Waals surface area (Å²) >= 11 is 0. The van der Waals surface area contributed by atoms with E-state index in [2.05, 4.69) is 19.2 Å². The van der Waals surface area contributed by atoms with Gasteiger partial charge in [0.2, 0.25) is 0 Å². The molecular weight excluding hydrogens is 480 g/mol. The summed E-state index contributed by atoms with van der Waals surface area (Å²) in [5.74, 6) is -0.985. The van der Waals surface area contributed by atoms with Gasteiger partial charge in [0.25, 0.3) is 0 Å². The minimum absolute atomic E-state index is 0.112. The molecule has 0 aliphatic heterocycles. The highest BCUT2D eigenvalue weighted by molar-refractivity contribution is 5.97. The second-order valence-electron chi connectivity index (χ2n) is 8.68. The van der Waals surface area contributed by atoms with Gasteiger partial charge in [0, 0.05) is 11.6 Å². The lowest BCUT2D eigenvalue weighted by Crippen LogP contribution is -2.08. The lowest BCUT2D eigenvalue weighted by molar-refractivity contribution is -0.140. The molecule has 38 heavy (non-hydrogen) atoms. The maximum Gasteiger partial charge on any atom is 0.343 e. The maximum absolute atomic E-state index is 12.7. The summed E-state index contributed by atoms with van der Waals surface area (Å²) in [5, 5.41) is 1.89. The smallest absolute Gasteiger partial charge is 0.343 e. The number of ether oxygens (including phenoxy) is 3. The standard InChI is InChI=1S/C32H26O6/c1-4-30(33)36-19-23-7-15-29(16-8-23)38-32(35)28-14-13-26-17-25(11-12-27(26)18-28)24-9-5-22(6-10-24)20-37-31(34)21(2)3/h4-18H,1-2,19-20H2,3H3. The van der Waals surface area contributed by atoms with Gasteiger partial charge in [-0.15, -0.1) is 0 Å². The van der Waals surface area contributed by atoms with Gasteiger partial charge in [0.15, 0.2) is 0 Å². The lowest BCUT2D eigenvalue weighted by atomic mass is 9.99. The minimum Gasteiger partial charge on any atom is -0.458 e. The molecule has 0 bridgehead atoms. The molecule has 0 aromatic heterocycles. The number of esters is 3. The van der Waals surface area contributed by atoms with Gasteiger partial charge in [-0.1, -0.05) is 67.8 Å². The fourth-order valence-electron chi connectivity index (χ4n) is 3.65. The Kier molecular flexibility index (Phi) is 8.14. The molecule has 0 N–H and O–H groups in total. The van der Waals surface area contributed by atoms with Crippen molar-refractivity contribution in [3.05, 3.63) is 126 Å². The zero-order valence-corrected chi connectivity index (χ0v) is 20.9. The van der Waals surface area contributed by atoms with Gasteiger partial charge in [-0.05, 0) is 70.3 Å². The summed E-state index contributed by atoms with van der Waals surface area (Å²) in [6, 6.07) is 26.0. The predicted octanol–water partition coefficient (Wildman–Crippen LogP) is 6.57. The van der Waals surface area contributed by atoms with Crippen LogP contribution in [0.2, 0.25) is 0 Å². The zero-order chi connectivity index (χ0) is 27.1. The second-order valence-corrected chi connectivity index (χ2v) is 8.68. The summed E-state index contributed by atoms with van der Waals surface area (Å²) in [7, 11) is 0. The first-order valence-corrected chi connectivity index (χ1v) is 11.9.